The molecule has 130 valence electrons. The Bertz CT molecular complexity index is 829. The van der Waals surface area contributed by atoms with Crippen LogP contribution >= 0.6 is 0 Å². The number of para-hydroxylation sites is 2. The number of hydrazone groups is 2. The monoisotopic (exact) mass is 344 g/mol. The summed E-state index contributed by atoms with van der Waals surface area (Å²) in [7, 11) is 0. The van der Waals surface area contributed by atoms with Crippen LogP contribution in [0.2, 0.25) is 0 Å². The first kappa shape index (κ1) is 17.4. The van der Waals surface area contributed by atoms with Crippen molar-refractivity contribution in [2.24, 2.45) is 10.2 Å². The summed E-state index contributed by atoms with van der Waals surface area (Å²) in [6, 6.07) is 25.7. The quantitative estimate of drug-likeness (QED) is 0.521. The number of H-pyrrole nitrogens is 1. The van der Waals surface area contributed by atoms with Gasteiger partial charge in [0.05, 0.1) is 11.4 Å². The van der Waals surface area contributed by atoms with E-state index in [1.54, 1.807) is 0 Å². The highest BCUT2D eigenvalue weighted by Crippen LogP contribution is 2.07. The van der Waals surface area contributed by atoms with Crippen LogP contribution in [-0.4, -0.2) is 11.4 Å². The van der Waals surface area contributed by atoms with E-state index >= 15 is 0 Å². The van der Waals surface area contributed by atoms with Gasteiger partial charge in [0.25, 0.3) is 0 Å². The lowest BCUT2D eigenvalue weighted by Gasteiger charge is -2.02. The second kappa shape index (κ2) is 8.58. The molecule has 0 saturated carbocycles. The minimum Gasteiger partial charge on any atom is -0.278 e. The predicted octanol–water partition coefficient (Wildman–Crippen LogP) is 4.17. The summed E-state index contributed by atoms with van der Waals surface area (Å²) in [4.78, 5) is 3.37. The molecule has 3 N–H and O–H groups in total. The Morgan fingerprint density at radius 2 is 1.04 bits per heavy atom. The van der Waals surface area contributed by atoms with E-state index in [0.717, 1.165) is 34.2 Å². The van der Waals surface area contributed by atoms with Crippen molar-refractivity contribution < 1.29 is 4.98 Å². The Morgan fingerprint density at radius 1 is 0.615 bits per heavy atom. The summed E-state index contributed by atoms with van der Waals surface area (Å²) >= 11 is 0. The fourth-order valence-corrected chi connectivity index (χ4v) is 2.33. The maximum Gasteiger partial charge on any atom is 0.227 e. The Hall–Kier alpha value is -3.47. The summed E-state index contributed by atoms with van der Waals surface area (Å²) in [5.41, 5.74) is 11.6. The normalized spacial score (nSPS) is 11.9. The summed E-state index contributed by atoms with van der Waals surface area (Å²) in [6.45, 7) is 3.92. The van der Waals surface area contributed by atoms with Gasteiger partial charge in [-0.15, -0.1) is 0 Å². The maximum atomic E-state index is 4.44. The van der Waals surface area contributed by atoms with Crippen molar-refractivity contribution in [1.29, 1.82) is 0 Å². The highest BCUT2D eigenvalue weighted by Gasteiger charge is 2.11. The van der Waals surface area contributed by atoms with Crippen LogP contribution in [0.15, 0.2) is 89.1 Å². The fraction of sp³-hybridized carbons (Fsp3) is 0.0952. The van der Waals surface area contributed by atoms with Gasteiger partial charge in [-0.2, -0.15) is 10.2 Å². The lowest BCUT2D eigenvalue weighted by molar-refractivity contribution is -0.382. The molecule has 5 nitrogen and oxygen atoms in total. The molecule has 0 aliphatic rings. The molecule has 0 fully saturated rings. The highest BCUT2D eigenvalue weighted by molar-refractivity contribution is 5.98. The average molecular weight is 344 g/mol. The minimum absolute atomic E-state index is 0.861. The number of nitrogens with one attached hydrogen (secondary N) is 3. The van der Waals surface area contributed by atoms with E-state index < -0.39 is 0 Å². The Morgan fingerprint density at radius 3 is 1.46 bits per heavy atom. The Kier molecular flexibility index (Phi) is 5.72. The van der Waals surface area contributed by atoms with Crippen LogP contribution in [0.4, 0.5) is 11.4 Å². The molecule has 0 atom stereocenters. The molecule has 1 heterocycles. The average Bonchev–Trinajstić information content (AvgIpc) is 2.72. The molecule has 3 aromatic rings. The molecule has 0 amide bonds. The number of anilines is 2. The van der Waals surface area contributed by atoms with Crippen LogP contribution in [0.1, 0.15) is 25.2 Å². The topological polar surface area (TPSA) is 62.9 Å². The molecule has 3 rings (SSSR count). The van der Waals surface area contributed by atoms with E-state index in [1.807, 2.05) is 92.7 Å². The van der Waals surface area contributed by atoms with Crippen molar-refractivity contribution in [3.05, 3.63) is 90.3 Å². The number of benzene rings is 2. The van der Waals surface area contributed by atoms with Gasteiger partial charge >= 0.3 is 0 Å². The second-order valence-corrected chi connectivity index (χ2v) is 5.83. The molecule has 0 unspecified atom stereocenters. The number of nitrogens with zero attached hydrogens (tertiary/aromatic N) is 2. The third-order valence-corrected chi connectivity index (χ3v) is 3.83. The zero-order valence-corrected chi connectivity index (χ0v) is 14.9. The molecule has 0 spiro atoms. The van der Waals surface area contributed by atoms with Gasteiger partial charge in [-0.05, 0) is 44.2 Å². The predicted molar refractivity (Wildman–Crippen MR) is 108 cm³/mol. The number of hydrogen-bond donors (Lipinski definition) is 2. The van der Waals surface area contributed by atoms with Gasteiger partial charge in [-0.25, -0.2) is 4.98 Å². The summed E-state index contributed by atoms with van der Waals surface area (Å²) in [6.07, 6.45) is 0. The van der Waals surface area contributed by atoms with E-state index in [4.69, 9.17) is 0 Å². The SMILES string of the molecule is CC(=NNc1ccccc1)c1cccc(C(C)=NNc2ccccc2)[nH+]1. The molecule has 1 aromatic heterocycles. The number of aromatic amines is 1. The van der Waals surface area contributed by atoms with Gasteiger partial charge in [0, 0.05) is 12.1 Å². The van der Waals surface area contributed by atoms with E-state index in [1.165, 1.54) is 0 Å². The van der Waals surface area contributed by atoms with Crippen molar-refractivity contribution in [1.82, 2.24) is 0 Å². The lowest BCUT2D eigenvalue weighted by atomic mass is 10.2. The molecule has 0 saturated heterocycles. The minimum atomic E-state index is 0.861. The van der Waals surface area contributed by atoms with E-state index in [2.05, 4.69) is 26.0 Å². The fourth-order valence-electron chi connectivity index (χ4n) is 2.33. The third-order valence-electron chi connectivity index (χ3n) is 3.83. The van der Waals surface area contributed by atoms with Crippen molar-refractivity contribution in [3.8, 4) is 0 Å². The van der Waals surface area contributed by atoms with Crippen LogP contribution in [-0.2, 0) is 0 Å². The highest BCUT2D eigenvalue weighted by atomic mass is 15.3. The van der Waals surface area contributed by atoms with Gasteiger partial charge in [0.2, 0.25) is 11.4 Å². The maximum absolute atomic E-state index is 4.44. The molecule has 0 bridgehead atoms. The van der Waals surface area contributed by atoms with E-state index in [-0.39, 0.29) is 0 Å². The summed E-state index contributed by atoms with van der Waals surface area (Å²) in [5.74, 6) is 0. The molecule has 5 heteroatoms. The van der Waals surface area contributed by atoms with Gasteiger partial charge in [0.15, 0.2) is 0 Å². The van der Waals surface area contributed by atoms with Crippen molar-refractivity contribution >= 4 is 22.8 Å². The Balaban J connectivity index is 1.72. The number of hydrogen-bond acceptors (Lipinski definition) is 4. The molecular formula is C21H22N5+. The van der Waals surface area contributed by atoms with Crippen LogP contribution in [0.5, 0.6) is 0 Å². The molecule has 0 aliphatic carbocycles. The number of pyridine rings is 1. The largest absolute Gasteiger partial charge is 0.278 e. The van der Waals surface area contributed by atoms with Gasteiger partial charge in [-0.3, -0.25) is 10.9 Å². The smallest absolute Gasteiger partial charge is 0.227 e. The summed E-state index contributed by atoms with van der Waals surface area (Å²) < 4.78 is 0. The number of rotatable bonds is 6. The van der Waals surface area contributed by atoms with Crippen LogP contribution in [0, 0.1) is 0 Å². The number of aromatic nitrogens is 1. The molecule has 2 aromatic carbocycles. The van der Waals surface area contributed by atoms with Gasteiger partial charge < -0.3 is 0 Å². The van der Waals surface area contributed by atoms with Crippen LogP contribution in [0.25, 0.3) is 0 Å². The van der Waals surface area contributed by atoms with Gasteiger partial charge in [-0.1, -0.05) is 36.4 Å². The standard InChI is InChI=1S/C21H21N5/c1-16(23-25-18-10-5-3-6-11-18)20-14-9-15-21(22-20)17(2)24-26-19-12-7-4-8-13-19/h3-15,25-26H,1-2H3/p+1. The zero-order chi connectivity index (χ0) is 18.2. The zero-order valence-electron chi connectivity index (χ0n) is 14.9. The Labute approximate surface area is 153 Å². The first-order valence-electron chi connectivity index (χ1n) is 8.46. The van der Waals surface area contributed by atoms with Crippen LogP contribution < -0.4 is 15.8 Å². The lowest BCUT2D eigenvalue weighted by Crippen LogP contribution is -2.23. The first-order chi connectivity index (χ1) is 12.7. The molecule has 0 radical (unpaired) electrons. The van der Waals surface area contributed by atoms with E-state index in [0.29, 0.717) is 0 Å². The first-order valence-corrected chi connectivity index (χ1v) is 8.46. The summed E-state index contributed by atoms with van der Waals surface area (Å²) in [5, 5.41) is 8.88. The molecule has 0 aliphatic heterocycles. The van der Waals surface area contributed by atoms with Crippen molar-refractivity contribution in [2.75, 3.05) is 10.9 Å². The van der Waals surface area contributed by atoms with Crippen LogP contribution in [0.3, 0.4) is 0 Å². The van der Waals surface area contributed by atoms with Gasteiger partial charge in [0.1, 0.15) is 11.4 Å². The second-order valence-electron chi connectivity index (χ2n) is 5.83. The third kappa shape index (κ3) is 4.77. The molecular weight excluding hydrogens is 322 g/mol. The van der Waals surface area contributed by atoms with Crippen molar-refractivity contribution in [2.45, 2.75) is 13.8 Å². The van der Waals surface area contributed by atoms with Crippen molar-refractivity contribution in [3.63, 3.8) is 0 Å². The molecule has 26 heavy (non-hydrogen) atoms. The van der Waals surface area contributed by atoms with E-state index in [9.17, 15) is 0 Å².